The third kappa shape index (κ3) is 12.3. The maximum Gasteiger partial charge on any atom is 0.416 e. The van der Waals surface area contributed by atoms with Crippen molar-refractivity contribution in [3.63, 3.8) is 0 Å². The van der Waals surface area contributed by atoms with Gasteiger partial charge in [0.25, 0.3) is 5.91 Å². The lowest BCUT2D eigenvalue weighted by molar-refractivity contribution is -0.148. The summed E-state index contributed by atoms with van der Waals surface area (Å²) < 4.78 is 94.8. The molecular weight excluding hydrogens is 692 g/mol. The smallest absolute Gasteiger partial charge is 0.416 e. The number of benzene rings is 2. The highest BCUT2D eigenvalue weighted by Crippen LogP contribution is 2.39. The van der Waals surface area contributed by atoms with Crippen molar-refractivity contribution >= 4 is 40.6 Å². The van der Waals surface area contributed by atoms with Crippen LogP contribution in [0.25, 0.3) is 0 Å². The molecule has 270 valence electrons. The zero-order valence-corrected chi connectivity index (χ0v) is 27.2. The Morgan fingerprint density at radius 1 is 0.918 bits per heavy atom. The molecule has 2 aromatic rings. The molecule has 0 unspecified atom stereocenters. The molecule has 0 saturated carbocycles. The average Bonchev–Trinajstić information content (AvgIpc) is 3.02. The van der Waals surface area contributed by atoms with Crippen LogP contribution >= 0.6 is 11.6 Å². The summed E-state index contributed by atoms with van der Waals surface area (Å²) in [5.74, 6) is -2.55. The summed E-state index contributed by atoms with van der Waals surface area (Å²) in [7, 11) is 0. The first-order valence-electron chi connectivity index (χ1n) is 14.4. The lowest BCUT2D eigenvalue weighted by Gasteiger charge is -2.46. The van der Waals surface area contributed by atoms with Gasteiger partial charge in [-0.25, -0.2) is 4.79 Å². The molecular formula is C31H34ClF6N3O8. The number of hydrogen-bond donors (Lipinski definition) is 3. The Morgan fingerprint density at radius 2 is 1.49 bits per heavy atom. The van der Waals surface area contributed by atoms with E-state index in [1.54, 1.807) is 30.3 Å². The number of Topliss-reactive ketones (excluding diaryl/α,β-unsaturated/α-hetero) is 1. The van der Waals surface area contributed by atoms with Crippen molar-refractivity contribution in [1.29, 1.82) is 0 Å². The fourth-order valence-electron chi connectivity index (χ4n) is 4.72. The van der Waals surface area contributed by atoms with Crippen LogP contribution in [0.15, 0.2) is 48.5 Å². The lowest BCUT2D eigenvalue weighted by atomic mass is 9.76. The minimum absolute atomic E-state index is 0.00440. The number of halogens is 7. The fraction of sp³-hybridized carbons (Fsp3) is 0.452. The van der Waals surface area contributed by atoms with E-state index < -0.39 is 70.5 Å². The summed E-state index contributed by atoms with van der Waals surface area (Å²) in [6.45, 7) is 2.47. The number of amides is 2. The largest absolute Gasteiger partial charge is 0.456 e. The van der Waals surface area contributed by atoms with Crippen LogP contribution in [0.1, 0.15) is 62.0 Å². The van der Waals surface area contributed by atoms with Crippen LogP contribution in [0.2, 0.25) is 0 Å². The summed E-state index contributed by atoms with van der Waals surface area (Å²) in [5, 5.41) is 5.66. The number of ether oxygens (including phenoxy) is 3. The predicted octanol–water partition coefficient (Wildman–Crippen LogP) is 4.93. The molecule has 0 aromatic heterocycles. The number of hydrogen-bond acceptors (Lipinski definition) is 9. The van der Waals surface area contributed by atoms with Gasteiger partial charge in [0.15, 0.2) is 19.0 Å². The molecule has 1 aliphatic heterocycles. The summed E-state index contributed by atoms with van der Waals surface area (Å²) in [6.07, 6.45) is -11.1. The molecule has 0 spiro atoms. The molecule has 2 amide bonds. The second-order valence-electron chi connectivity index (χ2n) is 11.1. The monoisotopic (exact) mass is 725 g/mol. The zero-order valence-electron chi connectivity index (χ0n) is 26.4. The van der Waals surface area contributed by atoms with Gasteiger partial charge in [0.1, 0.15) is 5.54 Å². The number of nitrogens with two attached hydrogens (primary N) is 1. The highest BCUT2D eigenvalue weighted by molar-refractivity contribution is 6.61. The number of esters is 1. The standard InChI is InChI=1S/C27H29F6N3O5.C4H5ClO3/c1-16(18-10-20(26(28,29)30)12-21(11-18)27(31,32)33)41-15-25(19-6-4-3-5-7-19)9-8-24(14-35-25,23(34)39)36-22(38)13-40-17(2)37;1-3(6)2-8-4(5)7/h3-7,10-12,16,35H,8-9,13-15H2,1-2H3,(H2,34,39)(H,36,38);2H2,1H3/t16-,24+,25-;/m1./s1. The maximum absolute atomic E-state index is 13.4. The third-order valence-electron chi connectivity index (χ3n) is 7.34. The zero-order chi connectivity index (χ0) is 37.2. The van der Waals surface area contributed by atoms with Crippen molar-refractivity contribution in [1.82, 2.24) is 10.6 Å². The van der Waals surface area contributed by atoms with Crippen LogP contribution in [0.5, 0.6) is 0 Å². The highest BCUT2D eigenvalue weighted by atomic mass is 35.5. The van der Waals surface area contributed by atoms with Gasteiger partial charge in [-0.05, 0) is 56.0 Å². The van der Waals surface area contributed by atoms with Crippen molar-refractivity contribution in [3.8, 4) is 0 Å². The molecule has 0 bridgehead atoms. The SMILES string of the molecule is CC(=O)COC(=O)Cl.CC(=O)OCC(=O)N[C@@]1(C(N)=O)CC[C@@](CO[C@H](C)c2cc(C(F)(F)F)cc(C(F)(F)F)c2)(c2ccccc2)NC1. The molecule has 1 fully saturated rings. The van der Waals surface area contributed by atoms with Crippen LogP contribution in [-0.4, -0.2) is 60.9 Å². The van der Waals surface area contributed by atoms with E-state index in [4.69, 9.17) is 22.1 Å². The van der Waals surface area contributed by atoms with E-state index >= 15 is 0 Å². The molecule has 1 aliphatic rings. The van der Waals surface area contributed by atoms with Crippen molar-refractivity contribution < 1.29 is 64.5 Å². The van der Waals surface area contributed by atoms with E-state index in [2.05, 4.69) is 20.1 Å². The predicted molar refractivity (Wildman–Crippen MR) is 161 cm³/mol. The molecule has 4 N–H and O–H groups in total. The lowest BCUT2D eigenvalue weighted by Crippen LogP contribution is -2.69. The molecule has 1 saturated heterocycles. The number of ketones is 1. The van der Waals surface area contributed by atoms with Crippen LogP contribution in [-0.2, 0) is 51.3 Å². The van der Waals surface area contributed by atoms with E-state index in [0.29, 0.717) is 17.7 Å². The molecule has 3 atom stereocenters. The van der Waals surface area contributed by atoms with Gasteiger partial charge in [-0.2, -0.15) is 26.3 Å². The minimum atomic E-state index is -5.01. The summed E-state index contributed by atoms with van der Waals surface area (Å²) in [4.78, 5) is 55.5. The van der Waals surface area contributed by atoms with E-state index in [0.717, 1.165) is 6.92 Å². The number of nitrogens with one attached hydrogen (secondary N) is 2. The van der Waals surface area contributed by atoms with Crippen LogP contribution in [0.4, 0.5) is 31.1 Å². The van der Waals surface area contributed by atoms with E-state index in [1.165, 1.54) is 13.8 Å². The molecule has 49 heavy (non-hydrogen) atoms. The quantitative estimate of drug-likeness (QED) is 0.166. The Kier molecular flexibility index (Phi) is 14.2. The number of carbonyl (C=O) groups excluding carboxylic acids is 5. The second-order valence-corrected chi connectivity index (χ2v) is 11.4. The van der Waals surface area contributed by atoms with E-state index in [9.17, 15) is 50.3 Å². The van der Waals surface area contributed by atoms with Gasteiger partial charge in [-0.15, -0.1) is 0 Å². The highest BCUT2D eigenvalue weighted by Gasteiger charge is 2.48. The molecule has 11 nitrogen and oxygen atoms in total. The van der Waals surface area contributed by atoms with Crippen molar-refractivity contribution in [2.45, 2.75) is 63.1 Å². The van der Waals surface area contributed by atoms with Crippen molar-refractivity contribution in [2.75, 3.05) is 26.4 Å². The Morgan fingerprint density at radius 3 is 1.90 bits per heavy atom. The number of rotatable bonds is 11. The third-order valence-corrected chi connectivity index (χ3v) is 7.45. The Labute approximate surface area is 281 Å². The minimum Gasteiger partial charge on any atom is -0.456 e. The number of piperidine rings is 1. The van der Waals surface area contributed by atoms with Crippen LogP contribution < -0.4 is 16.4 Å². The van der Waals surface area contributed by atoms with Gasteiger partial charge < -0.3 is 30.6 Å². The molecule has 0 aliphatic carbocycles. The van der Waals surface area contributed by atoms with Crippen molar-refractivity contribution in [3.05, 3.63) is 70.8 Å². The molecule has 2 aromatic carbocycles. The van der Waals surface area contributed by atoms with E-state index in [1.807, 2.05) is 0 Å². The molecule has 18 heteroatoms. The van der Waals surface area contributed by atoms with Gasteiger partial charge >= 0.3 is 23.8 Å². The number of alkyl halides is 6. The normalized spacial score (nSPS) is 19.8. The van der Waals surface area contributed by atoms with Crippen LogP contribution in [0.3, 0.4) is 0 Å². The number of primary amides is 1. The summed E-state index contributed by atoms with van der Waals surface area (Å²) >= 11 is 4.71. The van der Waals surface area contributed by atoms with Gasteiger partial charge in [-0.1, -0.05) is 30.3 Å². The molecule has 3 rings (SSSR count). The van der Waals surface area contributed by atoms with Gasteiger partial charge in [0.05, 0.1) is 29.4 Å². The number of carbonyl (C=O) groups is 5. The maximum atomic E-state index is 13.4. The first kappa shape index (κ1) is 41.0. The van der Waals surface area contributed by atoms with Gasteiger partial charge in [0.2, 0.25) is 5.91 Å². The van der Waals surface area contributed by atoms with Gasteiger partial charge in [0, 0.05) is 25.1 Å². The van der Waals surface area contributed by atoms with E-state index in [-0.39, 0.29) is 50.0 Å². The van der Waals surface area contributed by atoms with Crippen LogP contribution in [0, 0.1) is 0 Å². The summed E-state index contributed by atoms with van der Waals surface area (Å²) in [5.41, 5.74) is -0.521. The Hall–Kier alpha value is -4.22. The average molecular weight is 726 g/mol. The molecule has 1 heterocycles. The second kappa shape index (κ2) is 16.9. The molecule has 0 radical (unpaired) electrons. The summed E-state index contributed by atoms with van der Waals surface area (Å²) in [6, 6.07) is 9.94. The first-order chi connectivity index (χ1) is 22.6. The fourth-order valence-corrected chi connectivity index (χ4v) is 4.77. The Balaban J connectivity index is 0.000000924. The van der Waals surface area contributed by atoms with Crippen molar-refractivity contribution in [2.24, 2.45) is 5.73 Å². The topological polar surface area (TPSA) is 163 Å². The van der Waals surface area contributed by atoms with Gasteiger partial charge in [-0.3, -0.25) is 19.2 Å². The Bertz CT molecular complexity index is 1450. The first-order valence-corrected chi connectivity index (χ1v) is 14.8.